The van der Waals surface area contributed by atoms with Crippen LogP contribution in [0.2, 0.25) is 0 Å². The van der Waals surface area contributed by atoms with E-state index in [2.05, 4.69) is 0 Å². The van der Waals surface area contributed by atoms with Crippen molar-refractivity contribution in [1.29, 1.82) is 0 Å². The van der Waals surface area contributed by atoms with Gasteiger partial charge in [0.1, 0.15) is 11.5 Å². The minimum atomic E-state index is 0. The number of nitrogen functional groups attached to an aromatic ring is 2. The smallest absolute Gasteiger partial charge is 0.129 e. The number of anilines is 2. The summed E-state index contributed by atoms with van der Waals surface area (Å²) in [7, 11) is 0. The largest absolute Gasteiger partial charge is 0.457 e. The van der Waals surface area contributed by atoms with Crippen molar-refractivity contribution in [2.45, 2.75) is 0 Å². The second kappa shape index (κ2) is 6.37. The molecule has 92 valence electrons. The van der Waals surface area contributed by atoms with E-state index in [1.54, 1.807) is 18.2 Å². The highest BCUT2D eigenvalue weighted by Crippen LogP contribution is 2.25. The number of benzene rings is 2. The van der Waals surface area contributed by atoms with Gasteiger partial charge in [0, 0.05) is 6.07 Å². The first kappa shape index (κ1) is 14.8. The molecular weight excluding hydrogens is 216 g/mol. The van der Waals surface area contributed by atoms with E-state index in [0.29, 0.717) is 17.1 Å². The molecule has 0 amide bonds. The molecule has 0 saturated carbocycles. The summed E-state index contributed by atoms with van der Waals surface area (Å²) in [5.41, 5.74) is 12.4. The van der Waals surface area contributed by atoms with Gasteiger partial charge in [-0.25, -0.2) is 0 Å². The molecule has 0 aromatic heterocycles. The van der Waals surface area contributed by atoms with Gasteiger partial charge in [0.25, 0.3) is 0 Å². The van der Waals surface area contributed by atoms with Gasteiger partial charge in [0.2, 0.25) is 0 Å². The van der Waals surface area contributed by atoms with Gasteiger partial charge in [-0.05, 0) is 24.3 Å². The van der Waals surface area contributed by atoms with Crippen LogP contribution in [0.5, 0.6) is 11.5 Å². The Balaban J connectivity index is 0.00000128. The van der Waals surface area contributed by atoms with Crippen molar-refractivity contribution >= 4 is 11.4 Å². The highest BCUT2D eigenvalue weighted by atomic mass is 16.5. The Kier molecular flexibility index (Phi) is 5.53. The molecule has 5 nitrogen and oxygen atoms in total. The first-order valence-electron chi connectivity index (χ1n) is 4.63. The molecule has 0 atom stereocenters. The zero-order valence-corrected chi connectivity index (χ0v) is 9.60. The van der Waals surface area contributed by atoms with E-state index >= 15 is 0 Å². The summed E-state index contributed by atoms with van der Waals surface area (Å²) < 4.78 is 5.58. The van der Waals surface area contributed by atoms with Gasteiger partial charge < -0.3 is 28.5 Å². The van der Waals surface area contributed by atoms with Gasteiger partial charge in [0.15, 0.2) is 0 Å². The van der Waals surface area contributed by atoms with Crippen LogP contribution in [0.3, 0.4) is 0 Å². The lowest BCUT2D eigenvalue weighted by atomic mass is 10.2. The summed E-state index contributed by atoms with van der Waals surface area (Å²) in [6.07, 6.45) is 0. The normalized spacial score (nSPS) is 8.71. The van der Waals surface area contributed by atoms with E-state index in [1.807, 2.05) is 30.3 Å². The first-order chi connectivity index (χ1) is 7.25. The van der Waals surface area contributed by atoms with E-state index in [9.17, 15) is 0 Å². The number of nitrogens with two attached hydrogens (primary N) is 2. The van der Waals surface area contributed by atoms with Crippen LogP contribution in [0, 0.1) is 0 Å². The molecule has 2 rings (SSSR count). The van der Waals surface area contributed by atoms with Crippen molar-refractivity contribution in [2.75, 3.05) is 11.5 Å². The lowest BCUT2D eigenvalue weighted by molar-refractivity contribution is 0.483. The number of rotatable bonds is 2. The summed E-state index contributed by atoms with van der Waals surface area (Å²) in [4.78, 5) is 0. The topological polar surface area (TPSA) is 131 Å². The quantitative estimate of drug-likeness (QED) is 0.593. The number of ether oxygens (including phenoxy) is 1. The average Bonchev–Trinajstić information content (AvgIpc) is 2.25. The molecule has 0 aliphatic heterocycles. The number of hydrogen-bond donors (Lipinski definition) is 4. The molecule has 0 radical (unpaired) electrons. The third-order valence-electron chi connectivity index (χ3n) is 2.04. The number of para-hydroxylation sites is 1. The maximum absolute atomic E-state index is 5.67. The van der Waals surface area contributed by atoms with Crippen LogP contribution in [-0.4, -0.2) is 0 Å². The molecule has 0 bridgehead atoms. The lowest BCUT2D eigenvalue weighted by Gasteiger charge is -2.07. The van der Waals surface area contributed by atoms with Gasteiger partial charge in [0.05, 0.1) is 11.4 Å². The van der Waals surface area contributed by atoms with Crippen LogP contribution in [0.1, 0.15) is 0 Å². The van der Waals surface area contributed by atoms with Crippen molar-refractivity contribution in [1.82, 2.24) is 12.3 Å². The molecule has 0 fully saturated rings. The molecule has 0 unspecified atom stereocenters. The summed E-state index contributed by atoms with van der Waals surface area (Å²) in [5.74, 6) is 1.47. The van der Waals surface area contributed by atoms with E-state index < -0.39 is 0 Å². The molecule has 0 saturated heterocycles. The van der Waals surface area contributed by atoms with Gasteiger partial charge in [-0.1, -0.05) is 18.2 Å². The van der Waals surface area contributed by atoms with Gasteiger partial charge in [-0.2, -0.15) is 0 Å². The zero-order valence-electron chi connectivity index (χ0n) is 9.60. The Morgan fingerprint density at radius 3 is 1.94 bits per heavy atom. The van der Waals surface area contributed by atoms with Crippen LogP contribution in [0.4, 0.5) is 11.4 Å². The van der Waals surface area contributed by atoms with Crippen molar-refractivity contribution in [3.8, 4) is 11.5 Å². The van der Waals surface area contributed by atoms with E-state index in [4.69, 9.17) is 16.2 Å². The fourth-order valence-electron chi connectivity index (χ4n) is 1.24. The van der Waals surface area contributed by atoms with Crippen LogP contribution in [-0.2, 0) is 0 Å². The monoisotopic (exact) mass is 234 g/mol. The van der Waals surface area contributed by atoms with E-state index in [0.717, 1.165) is 5.75 Å². The Labute approximate surface area is 101 Å². The Hall–Kier alpha value is -2.24. The number of hydrogen-bond acceptors (Lipinski definition) is 5. The third-order valence-corrected chi connectivity index (χ3v) is 2.04. The third kappa shape index (κ3) is 3.67. The molecule has 0 aliphatic carbocycles. The van der Waals surface area contributed by atoms with Gasteiger partial charge in [-0.15, -0.1) is 0 Å². The van der Waals surface area contributed by atoms with Gasteiger partial charge >= 0.3 is 0 Å². The molecule has 5 heteroatoms. The SMILES string of the molecule is N.N.Nc1ccc(Oc2ccccc2)cc1N. The minimum Gasteiger partial charge on any atom is -0.457 e. The highest BCUT2D eigenvalue weighted by molar-refractivity contribution is 5.65. The summed E-state index contributed by atoms with van der Waals surface area (Å²) >= 11 is 0. The second-order valence-corrected chi connectivity index (χ2v) is 3.21. The van der Waals surface area contributed by atoms with Gasteiger partial charge in [-0.3, -0.25) is 0 Å². The fraction of sp³-hybridized carbons (Fsp3) is 0. The standard InChI is InChI=1S/C12H12N2O.2H3N/c13-11-7-6-10(8-12(11)14)15-9-4-2-1-3-5-9;;/h1-8H,13-14H2;2*1H3. The molecule has 10 N–H and O–H groups in total. The minimum absolute atomic E-state index is 0. The Morgan fingerprint density at radius 1 is 0.706 bits per heavy atom. The molecule has 2 aromatic rings. The predicted molar refractivity (Wildman–Crippen MR) is 71.8 cm³/mol. The fourth-order valence-corrected chi connectivity index (χ4v) is 1.24. The Bertz CT molecular complexity index is 459. The summed E-state index contributed by atoms with van der Waals surface area (Å²) in [6.45, 7) is 0. The molecular formula is C12H18N4O. The van der Waals surface area contributed by atoms with Crippen molar-refractivity contribution in [3.05, 3.63) is 48.5 Å². The lowest BCUT2D eigenvalue weighted by Crippen LogP contribution is -1.94. The maximum atomic E-state index is 5.67. The Morgan fingerprint density at radius 2 is 1.35 bits per heavy atom. The maximum Gasteiger partial charge on any atom is 0.129 e. The highest BCUT2D eigenvalue weighted by Gasteiger charge is 1.99. The van der Waals surface area contributed by atoms with Crippen LogP contribution >= 0.6 is 0 Å². The zero-order chi connectivity index (χ0) is 10.7. The van der Waals surface area contributed by atoms with E-state index in [-0.39, 0.29) is 12.3 Å². The molecule has 0 aliphatic rings. The van der Waals surface area contributed by atoms with Crippen LogP contribution in [0.15, 0.2) is 48.5 Å². The summed E-state index contributed by atoms with van der Waals surface area (Å²) in [5, 5.41) is 0. The molecule has 0 spiro atoms. The summed E-state index contributed by atoms with van der Waals surface area (Å²) in [6, 6.07) is 14.8. The molecule has 17 heavy (non-hydrogen) atoms. The first-order valence-corrected chi connectivity index (χ1v) is 4.63. The average molecular weight is 234 g/mol. The van der Waals surface area contributed by atoms with E-state index in [1.165, 1.54) is 0 Å². The second-order valence-electron chi connectivity index (χ2n) is 3.21. The molecule has 0 heterocycles. The van der Waals surface area contributed by atoms with Crippen molar-refractivity contribution < 1.29 is 4.74 Å². The molecule has 2 aromatic carbocycles. The van der Waals surface area contributed by atoms with Crippen LogP contribution in [0.25, 0.3) is 0 Å². The van der Waals surface area contributed by atoms with Crippen LogP contribution < -0.4 is 28.5 Å². The van der Waals surface area contributed by atoms with Crippen molar-refractivity contribution in [2.24, 2.45) is 0 Å². The van der Waals surface area contributed by atoms with Crippen molar-refractivity contribution in [3.63, 3.8) is 0 Å². The predicted octanol–water partition coefficient (Wildman–Crippen LogP) is 2.97.